The van der Waals surface area contributed by atoms with E-state index in [1.165, 1.54) is 6.92 Å². The highest BCUT2D eigenvalue weighted by Gasteiger charge is 2.03. The number of benzene rings is 1. The van der Waals surface area contributed by atoms with E-state index in [-0.39, 0.29) is 5.91 Å². The van der Waals surface area contributed by atoms with Crippen LogP contribution in [-0.4, -0.2) is 18.7 Å². The van der Waals surface area contributed by atoms with Gasteiger partial charge in [0.15, 0.2) is 0 Å². The highest BCUT2D eigenvalue weighted by Crippen LogP contribution is 2.25. The van der Waals surface area contributed by atoms with Gasteiger partial charge in [-0.15, -0.1) is 0 Å². The minimum atomic E-state index is -0.188. The zero-order valence-corrected chi connectivity index (χ0v) is 11.0. The number of carbonyl (C=O) groups excluding carboxylic acids is 1. The summed E-state index contributed by atoms with van der Waals surface area (Å²) in [5, 5.41) is 3.95. The van der Waals surface area contributed by atoms with Crippen LogP contribution in [0.15, 0.2) is 27.8 Å². The fourth-order valence-electron chi connectivity index (χ4n) is 1.12. The van der Waals surface area contributed by atoms with E-state index >= 15 is 0 Å². The number of nitrogens with one attached hydrogen (secondary N) is 1. The van der Waals surface area contributed by atoms with Gasteiger partial charge >= 0.3 is 0 Å². The van der Waals surface area contributed by atoms with Gasteiger partial charge in [0.2, 0.25) is 5.91 Å². The van der Waals surface area contributed by atoms with Gasteiger partial charge in [-0.1, -0.05) is 0 Å². The summed E-state index contributed by atoms with van der Waals surface area (Å²) in [7, 11) is 1.61. The lowest BCUT2D eigenvalue weighted by atomic mass is 10.1. The van der Waals surface area contributed by atoms with E-state index in [0.717, 1.165) is 21.5 Å². The van der Waals surface area contributed by atoms with Crippen LogP contribution in [0.4, 0.5) is 0 Å². The van der Waals surface area contributed by atoms with Crippen LogP contribution in [0.1, 0.15) is 19.4 Å². The first-order valence-electron chi connectivity index (χ1n) is 4.69. The van der Waals surface area contributed by atoms with Crippen molar-refractivity contribution in [2.24, 2.45) is 5.10 Å². The van der Waals surface area contributed by atoms with Gasteiger partial charge in [0.25, 0.3) is 0 Å². The molecule has 1 rings (SSSR count). The summed E-state index contributed by atoms with van der Waals surface area (Å²) < 4.78 is 5.97. The fourth-order valence-corrected chi connectivity index (χ4v) is 1.66. The van der Waals surface area contributed by atoms with Crippen LogP contribution in [0.2, 0.25) is 0 Å². The molecule has 1 aromatic rings. The molecule has 1 amide bonds. The molecule has 4 nitrogen and oxygen atoms in total. The van der Waals surface area contributed by atoms with E-state index in [9.17, 15) is 4.79 Å². The van der Waals surface area contributed by atoms with Crippen molar-refractivity contribution in [1.29, 1.82) is 0 Å². The molecular formula is C11H13BrN2O2. The van der Waals surface area contributed by atoms with Gasteiger partial charge in [-0.05, 0) is 46.6 Å². The molecule has 0 atom stereocenters. The Morgan fingerprint density at radius 3 is 2.62 bits per heavy atom. The van der Waals surface area contributed by atoms with Crippen LogP contribution in [0.5, 0.6) is 5.75 Å². The predicted molar refractivity (Wildman–Crippen MR) is 66.7 cm³/mol. The second-order valence-corrected chi connectivity index (χ2v) is 4.07. The van der Waals surface area contributed by atoms with Crippen molar-refractivity contribution < 1.29 is 9.53 Å². The number of carbonyl (C=O) groups is 1. The summed E-state index contributed by atoms with van der Waals surface area (Å²) in [6.07, 6.45) is 0. The third-order valence-corrected chi connectivity index (χ3v) is 2.57. The number of ether oxygens (including phenoxy) is 1. The normalized spacial score (nSPS) is 11.1. The molecule has 0 saturated heterocycles. The summed E-state index contributed by atoms with van der Waals surface area (Å²) in [6.45, 7) is 3.24. The van der Waals surface area contributed by atoms with Crippen molar-refractivity contribution in [3.63, 3.8) is 0 Å². The average molecular weight is 285 g/mol. The third kappa shape index (κ3) is 3.34. The zero-order valence-electron chi connectivity index (χ0n) is 9.37. The first-order valence-corrected chi connectivity index (χ1v) is 5.48. The number of hydrogen-bond acceptors (Lipinski definition) is 3. The smallest absolute Gasteiger partial charge is 0.236 e. The maximum absolute atomic E-state index is 10.7. The number of hydrogen-bond donors (Lipinski definition) is 1. The number of amides is 1. The molecule has 0 heterocycles. The van der Waals surface area contributed by atoms with E-state index in [2.05, 4.69) is 26.5 Å². The van der Waals surface area contributed by atoms with Crippen LogP contribution in [0.3, 0.4) is 0 Å². The largest absolute Gasteiger partial charge is 0.496 e. The highest BCUT2D eigenvalue weighted by molar-refractivity contribution is 9.10. The zero-order chi connectivity index (χ0) is 12.1. The van der Waals surface area contributed by atoms with E-state index < -0.39 is 0 Å². The van der Waals surface area contributed by atoms with Gasteiger partial charge in [0.05, 0.1) is 17.3 Å². The topological polar surface area (TPSA) is 50.7 Å². The molecule has 16 heavy (non-hydrogen) atoms. The van der Waals surface area contributed by atoms with Crippen molar-refractivity contribution >= 4 is 27.5 Å². The maximum Gasteiger partial charge on any atom is 0.236 e. The molecule has 1 N–H and O–H groups in total. The minimum Gasteiger partial charge on any atom is -0.496 e. The Morgan fingerprint density at radius 1 is 1.44 bits per heavy atom. The average Bonchev–Trinajstić information content (AvgIpc) is 2.25. The van der Waals surface area contributed by atoms with Crippen LogP contribution >= 0.6 is 15.9 Å². The van der Waals surface area contributed by atoms with Gasteiger partial charge in [-0.25, -0.2) is 5.43 Å². The lowest BCUT2D eigenvalue weighted by Gasteiger charge is -2.06. The second kappa shape index (κ2) is 5.65. The first kappa shape index (κ1) is 12.7. The van der Waals surface area contributed by atoms with Crippen LogP contribution < -0.4 is 10.2 Å². The van der Waals surface area contributed by atoms with Gasteiger partial charge in [-0.3, -0.25) is 4.79 Å². The van der Waals surface area contributed by atoms with Crippen molar-refractivity contribution in [2.45, 2.75) is 13.8 Å². The van der Waals surface area contributed by atoms with Crippen LogP contribution in [0, 0.1) is 0 Å². The van der Waals surface area contributed by atoms with Crippen molar-refractivity contribution in [2.75, 3.05) is 7.11 Å². The fraction of sp³-hybridized carbons (Fsp3) is 0.273. The number of hydrazone groups is 1. The highest BCUT2D eigenvalue weighted by atomic mass is 79.9. The molecule has 0 unspecified atom stereocenters. The quantitative estimate of drug-likeness (QED) is 0.684. The SMILES string of the molecule is COc1ccc(/C(C)=N/NC(C)=O)cc1Br. The molecule has 86 valence electrons. The van der Waals surface area contributed by atoms with Crippen molar-refractivity contribution in [1.82, 2.24) is 5.43 Å². The lowest BCUT2D eigenvalue weighted by molar-refractivity contribution is -0.118. The lowest BCUT2D eigenvalue weighted by Crippen LogP contribution is -2.15. The Hall–Kier alpha value is -1.36. The second-order valence-electron chi connectivity index (χ2n) is 3.21. The van der Waals surface area contributed by atoms with Crippen LogP contribution in [-0.2, 0) is 4.79 Å². The maximum atomic E-state index is 10.7. The van der Waals surface area contributed by atoms with E-state index in [0.29, 0.717) is 0 Å². The molecule has 0 fully saturated rings. The molecule has 0 spiro atoms. The Morgan fingerprint density at radius 2 is 2.12 bits per heavy atom. The number of rotatable bonds is 3. The molecule has 0 saturated carbocycles. The summed E-state index contributed by atoms with van der Waals surface area (Å²) in [4.78, 5) is 10.7. The monoisotopic (exact) mass is 284 g/mol. The molecule has 0 aromatic heterocycles. The Labute approximate surface area is 103 Å². The van der Waals surface area contributed by atoms with Gasteiger partial charge in [0.1, 0.15) is 5.75 Å². The Bertz CT molecular complexity index is 430. The number of halogens is 1. The first-order chi connectivity index (χ1) is 7.54. The minimum absolute atomic E-state index is 0.188. The summed E-state index contributed by atoms with van der Waals surface area (Å²) >= 11 is 3.39. The molecule has 0 aliphatic heterocycles. The molecule has 5 heteroatoms. The van der Waals surface area contributed by atoms with Gasteiger partial charge in [-0.2, -0.15) is 5.10 Å². The predicted octanol–water partition coefficient (Wildman–Crippen LogP) is 2.32. The molecule has 0 radical (unpaired) electrons. The molecule has 1 aromatic carbocycles. The summed E-state index contributed by atoms with van der Waals surface area (Å²) in [5.41, 5.74) is 4.05. The third-order valence-electron chi connectivity index (χ3n) is 1.95. The standard InChI is InChI=1S/C11H13BrN2O2/c1-7(13-14-8(2)15)9-4-5-11(16-3)10(12)6-9/h4-6H,1-3H3,(H,14,15)/b13-7+. The van der Waals surface area contributed by atoms with Crippen molar-refractivity contribution in [3.05, 3.63) is 28.2 Å². The van der Waals surface area contributed by atoms with Gasteiger partial charge < -0.3 is 4.74 Å². The van der Waals surface area contributed by atoms with Crippen molar-refractivity contribution in [3.8, 4) is 5.75 Å². The molecule has 0 aliphatic carbocycles. The van der Waals surface area contributed by atoms with Crippen LogP contribution in [0.25, 0.3) is 0 Å². The molecular weight excluding hydrogens is 272 g/mol. The number of nitrogens with zero attached hydrogens (tertiary/aromatic N) is 1. The Kier molecular flexibility index (Phi) is 4.49. The molecule has 0 aliphatic rings. The Balaban J connectivity index is 2.92. The van der Waals surface area contributed by atoms with E-state index in [1.54, 1.807) is 7.11 Å². The van der Waals surface area contributed by atoms with Gasteiger partial charge in [0, 0.05) is 6.92 Å². The summed E-state index contributed by atoms with van der Waals surface area (Å²) in [5.74, 6) is 0.572. The van der Waals surface area contributed by atoms with E-state index in [1.807, 2.05) is 25.1 Å². The summed E-state index contributed by atoms with van der Waals surface area (Å²) in [6, 6.07) is 5.61. The van der Waals surface area contributed by atoms with E-state index in [4.69, 9.17) is 4.74 Å². The number of methoxy groups -OCH3 is 1. The molecule has 0 bridgehead atoms.